The molecule has 6 aromatic heterocycles. The van der Waals surface area contributed by atoms with Crippen molar-refractivity contribution in [2.24, 2.45) is 0 Å². The molecule has 3 aromatic carbocycles. The van der Waals surface area contributed by atoms with Gasteiger partial charge in [-0.05, 0) is 26.0 Å². The smallest absolute Gasteiger partial charge is 0.146 e. The number of nitrogens with zero attached hydrogens (tertiary/aromatic N) is 8. The number of nitriles is 4. The van der Waals surface area contributed by atoms with E-state index in [0.29, 0.717) is 33.2 Å². The first-order chi connectivity index (χ1) is 24.4. The van der Waals surface area contributed by atoms with E-state index in [-0.39, 0.29) is 11.1 Å². The molecular formula is C36H14N8O2S4. The minimum atomic E-state index is 0.00269. The van der Waals surface area contributed by atoms with Crippen LogP contribution in [0.15, 0.2) is 56.4 Å². The Balaban J connectivity index is 1.17. The first kappa shape index (κ1) is 29.8. The van der Waals surface area contributed by atoms with E-state index in [1.54, 1.807) is 22.7 Å². The van der Waals surface area contributed by atoms with Crippen molar-refractivity contribution in [2.45, 2.75) is 13.8 Å². The van der Waals surface area contributed by atoms with Crippen LogP contribution in [-0.4, -0.2) is 17.5 Å². The van der Waals surface area contributed by atoms with Gasteiger partial charge in [-0.3, -0.25) is 0 Å². The molecule has 10 nitrogen and oxygen atoms in total. The zero-order chi connectivity index (χ0) is 34.3. The van der Waals surface area contributed by atoms with Crippen molar-refractivity contribution >= 4 is 123 Å². The number of rotatable bonds is 4. The number of benzene rings is 3. The van der Waals surface area contributed by atoms with Gasteiger partial charge in [-0.1, -0.05) is 24.3 Å². The maximum Gasteiger partial charge on any atom is 0.146 e. The summed E-state index contributed by atoms with van der Waals surface area (Å²) in [4.78, 5) is 1.94. The summed E-state index contributed by atoms with van der Waals surface area (Å²) in [6.45, 7) is 4.12. The summed E-state index contributed by atoms with van der Waals surface area (Å²) >= 11 is 5.41. The molecule has 0 saturated heterocycles. The third kappa shape index (κ3) is 4.25. The second-order valence-electron chi connectivity index (χ2n) is 11.4. The monoisotopic (exact) mass is 718 g/mol. The lowest BCUT2D eigenvalue weighted by atomic mass is 10.0. The highest BCUT2D eigenvalue weighted by atomic mass is 32.1. The fourth-order valence-electron chi connectivity index (χ4n) is 6.37. The Kier molecular flexibility index (Phi) is 6.65. The summed E-state index contributed by atoms with van der Waals surface area (Å²) in [7, 11) is 0. The summed E-state index contributed by atoms with van der Waals surface area (Å²) in [5.41, 5.74) is 11.0. The van der Waals surface area contributed by atoms with Gasteiger partial charge in [-0.2, -0.15) is 38.5 Å². The number of furan rings is 2. The van der Waals surface area contributed by atoms with Crippen molar-refractivity contribution in [3.05, 3.63) is 69.8 Å². The number of aryl methyl sites for hydroxylation is 2. The van der Waals surface area contributed by atoms with Crippen molar-refractivity contribution < 1.29 is 8.83 Å². The van der Waals surface area contributed by atoms with Gasteiger partial charge in [0.15, 0.2) is 0 Å². The van der Waals surface area contributed by atoms with E-state index >= 15 is 0 Å². The molecular weight excluding hydrogens is 705 g/mol. The molecule has 0 spiro atoms. The van der Waals surface area contributed by atoms with Gasteiger partial charge in [0.25, 0.3) is 0 Å². The predicted octanol–water partition coefficient (Wildman–Crippen LogP) is 10.4. The Hall–Kier alpha value is -6.26. The minimum Gasteiger partial charge on any atom is -0.455 e. The number of hydrogen-bond donors (Lipinski definition) is 0. The van der Waals surface area contributed by atoms with Crippen LogP contribution in [0.4, 0.5) is 0 Å². The normalized spacial score (nSPS) is 11.3. The Labute approximate surface area is 297 Å². The molecule has 50 heavy (non-hydrogen) atoms. The quantitative estimate of drug-likeness (QED) is 0.159. The molecule has 0 aliphatic carbocycles. The Morgan fingerprint density at radius 3 is 1.40 bits per heavy atom. The average molecular weight is 719 g/mol. The first-order valence-electron chi connectivity index (χ1n) is 14.8. The highest BCUT2D eigenvalue weighted by Crippen LogP contribution is 2.49. The van der Waals surface area contributed by atoms with Gasteiger partial charge in [0.1, 0.15) is 79.8 Å². The standard InChI is InChI=1S/C36H14N8O2S4/c1-15-27-34(46-23-9-25(47-35(23)27)21-5-3-19(7-17(11-37)12-38)29-31(21)43-49-41-29)16(2)28-33(15)45-24-10-26(48-36(24)28)22-6-4-20(8-18(13-39)14-40)30-32(22)44-50-42-30/h3-10H,1-2H3. The second-order valence-corrected chi connectivity index (χ2v) is 14.5. The molecule has 9 rings (SSSR count). The highest BCUT2D eigenvalue weighted by molar-refractivity contribution is 7.23. The average Bonchev–Trinajstić information content (AvgIpc) is 3.97. The third-order valence-corrected chi connectivity index (χ3v) is 12.1. The van der Waals surface area contributed by atoms with Gasteiger partial charge in [-0.25, -0.2) is 0 Å². The topological polar surface area (TPSA) is 173 Å². The van der Waals surface area contributed by atoms with Crippen LogP contribution in [0.25, 0.3) is 97.6 Å². The van der Waals surface area contributed by atoms with Crippen LogP contribution in [0.2, 0.25) is 0 Å². The van der Waals surface area contributed by atoms with E-state index in [1.807, 2.05) is 60.7 Å². The molecule has 0 radical (unpaired) electrons. The van der Waals surface area contributed by atoms with E-state index < -0.39 is 0 Å². The molecule has 14 heteroatoms. The Morgan fingerprint density at radius 1 is 0.600 bits per heavy atom. The maximum atomic E-state index is 9.24. The molecule has 0 aliphatic rings. The van der Waals surface area contributed by atoms with Crippen molar-refractivity contribution in [3.63, 3.8) is 0 Å². The lowest BCUT2D eigenvalue weighted by Crippen LogP contribution is -1.84. The molecule has 234 valence electrons. The van der Waals surface area contributed by atoms with Gasteiger partial charge in [0, 0.05) is 66.0 Å². The number of aromatic nitrogens is 4. The fourth-order valence-corrected chi connectivity index (χ4v) is 9.95. The molecule has 0 fully saturated rings. The molecule has 0 unspecified atom stereocenters. The maximum absolute atomic E-state index is 9.24. The third-order valence-electron chi connectivity index (χ3n) is 8.67. The van der Waals surface area contributed by atoms with Crippen LogP contribution in [0.1, 0.15) is 22.3 Å². The summed E-state index contributed by atoms with van der Waals surface area (Å²) in [6.07, 6.45) is 3.07. The highest BCUT2D eigenvalue weighted by Gasteiger charge is 2.25. The number of fused-ring (bicyclic) bond motifs is 8. The van der Waals surface area contributed by atoms with Crippen LogP contribution in [0.3, 0.4) is 0 Å². The molecule has 9 aromatic rings. The van der Waals surface area contributed by atoms with E-state index in [1.165, 1.54) is 12.2 Å². The minimum absolute atomic E-state index is 0.00269. The summed E-state index contributed by atoms with van der Waals surface area (Å²) in [5.74, 6) is 0. The van der Waals surface area contributed by atoms with Gasteiger partial charge in [0.05, 0.1) is 32.9 Å². The summed E-state index contributed by atoms with van der Waals surface area (Å²) < 4.78 is 33.2. The van der Waals surface area contributed by atoms with Crippen LogP contribution in [0, 0.1) is 59.2 Å². The number of allylic oxidation sites excluding steroid dienone is 2. The fraction of sp³-hybridized carbons (Fsp3) is 0.0556. The zero-order valence-corrected chi connectivity index (χ0v) is 28.9. The van der Waals surface area contributed by atoms with Gasteiger partial charge < -0.3 is 8.83 Å². The predicted molar refractivity (Wildman–Crippen MR) is 197 cm³/mol. The molecule has 0 saturated carbocycles. The van der Waals surface area contributed by atoms with E-state index in [9.17, 15) is 21.0 Å². The van der Waals surface area contributed by atoms with Crippen molar-refractivity contribution in [2.75, 3.05) is 0 Å². The van der Waals surface area contributed by atoms with Crippen molar-refractivity contribution in [1.82, 2.24) is 17.5 Å². The van der Waals surface area contributed by atoms with Crippen LogP contribution >= 0.6 is 46.1 Å². The van der Waals surface area contributed by atoms with Crippen molar-refractivity contribution in [1.29, 1.82) is 21.0 Å². The summed E-state index contributed by atoms with van der Waals surface area (Å²) in [6, 6.07) is 19.3. The van der Waals surface area contributed by atoms with Gasteiger partial charge >= 0.3 is 0 Å². The lowest BCUT2D eigenvalue weighted by molar-refractivity contribution is 0.660. The van der Waals surface area contributed by atoms with E-state index in [0.717, 1.165) is 98.0 Å². The number of hydrogen-bond acceptors (Lipinski definition) is 14. The molecule has 0 bridgehead atoms. The van der Waals surface area contributed by atoms with Crippen molar-refractivity contribution in [3.8, 4) is 45.2 Å². The van der Waals surface area contributed by atoms with Crippen LogP contribution < -0.4 is 0 Å². The molecule has 0 amide bonds. The van der Waals surface area contributed by atoms with E-state index in [2.05, 4.69) is 31.3 Å². The van der Waals surface area contributed by atoms with E-state index in [4.69, 9.17) is 8.83 Å². The van der Waals surface area contributed by atoms with Gasteiger partial charge in [-0.15, -0.1) is 22.7 Å². The lowest BCUT2D eigenvalue weighted by Gasteiger charge is -2.04. The Bertz CT molecular complexity index is 2940. The zero-order valence-electron chi connectivity index (χ0n) is 25.6. The SMILES string of the molecule is Cc1c2oc3cc(-c4ccc(C=C(C#N)C#N)c5nsnc45)sc3c2c(C)c2oc3cc(-c4ccc(C=C(C#N)C#N)c5nsnc45)sc3c12. The van der Waals surface area contributed by atoms with Gasteiger partial charge in [0.2, 0.25) is 0 Å². The van der Waals surface area contributed by atoms with Crippen LogP contribution in [-0.2, 0) is 0 Å². The Morgan fingerprint density at radius 2 is 1.00 bits per heavy atom. The largest absolute Gasteiger partial charge is 0.455 e. The molecule has 0 atom stereocenters. The molecule has 6 heterocycles. The summed E-state index contributed by atoms with van der Waals surface area (Å²) in [5, 5.41) is 39.0. The second kappa shape index (κ2) is 11.1. The first-order valence-corrected chi connectivity index (χ1v) is 17.9. The number of thiophene rings is 2. The molecule has 0 N–H and O–H groups in total. The molecule has 0 aliphatic heterocycles. The van der Waals surface area contributed by atoms with Crippen LogP contribution in [0.5, 0.6) is 0 Å².